The van der Waals surface area contributed by atoms with Crippen molar-refractivity contribution < 1.29 is 9.18 Å². The molecule has 1 fully saturated rings. The standard InChI is InChI=1S/C26H35FN2O/c1-5-6-26(30)29(24-12-7-20(4)25(27)17-24)23-13-15-28(16-14-23)18-21-8-10-22(11-9-21)19(2)3/h7-12,17,19,23H,5-6,13-16,18H2,1-4H3. The van der Waals surface area contributed by atoms with E-state index >= 15 is 0 Å². The summed E-state index contributed by atoms with van der Waals surface area (Å²) in [6, 6.07) is 14.2. The summed E-state index contributed by atoms with van der Waals surface area (Å²) in [4.78, 5) is 17.2. The summed E-state index contributed by atoms with van der Waals surface area (Å²) in [7, 11) is 0. The van der Waals surface area contributed by atoms with Crippen molar-refractivity contribution in [2.24, 2.45) is 0 Å². The first-order valence-electron chi connectivity index (χ1n) is 11.3. The quantitative estimate of drug-likeness (QED) is 0.554. The van der Waals surface area contributed by atoms with Gasteiger partial charge in [-0.2, -0.15) is 0 Å². The highest BCUT2D eigenvalue weighted by Gasteiger charge is 2.29. The number of hydrogen-bond donors (Lipinski definition) is 0. The number of piperidine rings is 1. The predicted molar refractivity (Wildman–Crippen MR) is 122 cm³/mol. The molecule has 0 atom stereocenters. The molecular formula is C26H35FN2O. The van der Waals surface area contributed by atoms with Gasteiger partial charge in [0.2, 0.25) is 5.91 Å². The van der Waals surface area contributed by atoms with Crippen LogP contribution in [-0.2, 0) is 11.3 Å². The maximum absolute atomic E-state index is 14.2. The van der Waals surface area contributed by atoms with E-state index in [2.05, 4.69) is 43.0 Å². The van der Waals surface area contributed by atoms with Crippen LogP contribution < -0.4 is 4.90 Å². The van der Waals surface area contributed by atoms with Crippen molar-refractivity contribution in [3.8, 4) is 0 Å². The molecule has 0 N–H and O–H groups in total. The lowest BCUT2D eigenvalue weighted by Crippen LogP contribution is -2.47. The summed E-state index contributed by atoms with van der Waals surface area (Å²) in [6.45, 7) is 11.0. The number of carbonyl (C=O) groups is 1. The van der Waals surface area contributed by atoms with E-state index in [1.165, 1.54) is 17.2 Å². The van der Waals surface area contributed by atoms with Crippen LogP contribution in [-0.4, -0.2) is 29.9 Å². The van der Waals surface area contributed by atoms with Gasteiger partial charge in [-0.1, -0.05) is 51.1 Å². The van der Waals surface area contributed by atoms with E-state index in [-0.39, 0.29) is 17.8 Å². The molecule has 1 amide bonds. The molecule has 30 heavy (non-hydrogen) atoms. The number of carbonyl (C=O) groups excluding carboxylic acids is 1. The molecule has 1 saturated heterocycles. The van der Waals surface area contributed by atoms with Gasteiger partial charge in [0.1, 0.15) is 5.82 Å². The molecule has 1 heterocycles. The van der Waals surface area contributed by atoms with Crippen LogP contribution in [0.2, 0.25) is 0 Å². The van der Waals surface area contributed by atoms with Gasteiger partial charge < -0.3 is 4.90 Å². The summed E-state index contributed by atoms with van der Waals surface area (Å²) in [6.07, 6.45) is 3.12. The largest absolute Gasteiger partial charge is 0.309 e. The number of halogens is 1. The van der Waals surface area contributed by atoms with E-state index in [0.717, 1.165) is 38.9 Å². The molecule has 0 radical (unpaired) electrons. The van der Waals surface area contributed by atoms with Gasteiger partial charge >= 0.3 is 0 Å². The Balaban J connectivity index is 1.66. The van der Waals surface area contributed by atoms with Crippen LogP contribution in [0.4, 0.5) is 10.1 Å². The number of amides is 1. The first-order valence-corrected chi connectivity index (χ1v) is 11.3. The van der Waals surface area contributed by atoms with Gasteiger partial charge in [0, 0.05) is 37.8 Å². The summed E-state index contributed by atoms with van der Waals surface area (Å²) in [5, 5.41) is 0. The Bertz CT molecular complexity index is 839. The van der Waals surface area contributed by atoms with Crippen LogP contribution in [0.5, 0.6) is 0 Å². The fourth-order valence-corrected chi connectivity index (χ4v) is 4.23. The maximum atomic E-state index is 14.2. The van der Waals surface area contributed by atoms with Gasteiger partial charge in [-0.15, -0.1) is 0 Å². The number of anilines is 1. The van der Waals surface area contributed by atoms with Crippen LogP contribution in [0.3, 0.4) is 0 Å². The first-order chi connectivity index (χ1) is 14.4. The molecular weight excluding hydrogens is 375 g/mol. The highest BCUT2D eigenvalue weighted by molar-refractivity contribution is 5.94. The van der Waals surface area contributed by atoms with Crippen LogP contribution in [0.25, 0.3) is 0 Å². The highest BCUT2D eigenvalue weighted by atomic mass is 19.1. The fourth-order valence-electron chi connectivity index (χ4n) is 4.23. The first kappa shape index (κ1) is 22.5. The predicted octanol–water partition coefficient (Wildman–Crippen LogP) is 6.06. The molecule has 4 heteroatoms. The van der Waals surface area contributed by atoms with E-state index < -0.39 is 0 Å². The van der Waals surface area contributed by atoms with Crippen LogP contribution >= 0.6 is 0 Å². The third-order valence-corrected chi connectivity index (χ3v) is 6.14. The lowest BCUT2D eigenvalue weighted by Gasteiger charge is -2.39. The molecule has 3 rings (SSSR count). The Labute approximate surface area is 180 Å². The molecule has 0 aromatic heterocycles. The van der Waals surface area contributed by atoms with Gasteiger partial charge in [0.15, 0.2) is 0 Å². The third kappa shape index (κ3) is 5.48. The van der Waals surface area contributed by atoms with Crippen molar-refractivity contribution in [2.75, 3.05) is 18.0 Å². The number of likely N-dealkylation sites (tertiary alicyclic amines) is 1. The second-order valence-electron chi connectivity index (χ2n) is 8.85. The van der Waals surface area contributed by atoms with Gasteiger partial charge in [0.05, 0.1) is 0 Å². The highest BCUT2D eigenvalue weighted by Crippen LogP contribution is 2.27. The van der Waals surface area contributed by atoms with Gasteiger partial charge in [-0.05, 0) is 60.9 Å². The number of nitrogens with zero attached hydrogens (tertiary/aromatic N) is 2. The lowest BCUT2D eigenvalue weighted by molar-refractivity contribution is -0.119. The van der Waals surface area contributed by atoms with E-state index in [9.17, 15) is 9.18 Å². The average molecular weight is 411 g/mol. The fraction of sp³-hybridized carbons (Fsp3) is 0.500. The molecule has 0 unspecified atom stereocenters. The minimum Gasteiger partial charge on any atom is -0.309 e. The summed E-state index contributed by atoms with van der Waals surface area (Å²) < 4.78 is 14.2. The molecule has 1 aliphatic heterocycles. The Morgan fingerprint density at radius 2 is 1.80 bits per heavy atom. The van der Waals surface area contributed by atoms with Crippen molar-refractivity contribution in [2.45, 2.75) is 71.9 Å². The van der Waals surface area contributed by atoms with Crippen molar-refractivity contribution in [1.82, 2.24) is 4.90 Å². The van der Waals surface area contributed by atoms with E-state index in [0.29, 0.717) is 23.6 Å². The second kappa shape index (κ2) is 10.2. The Hall–Kier alpha value is -2.20. The van der Waals surface area contributed by atoms with Gasteiger partial charge in [-0.25, -0.2) is 4.39 Å². The Morgan fingerprint density at radius 3 is 2.37 bits per heavy atom. The van der Waals surface area contributed by atoms with E-state index in [1.54, 1.807) is 13.0 Å². The number of hydrogen-bond acceptors (Lipinski definition) is 2. The lowest BCUT2D eigenvalue weighted by atomic mass is 9.99. The molecule has 1 aliphatic rings. The van der Waals surface area contributed by atoms with Gasteiger partial charge in [-0.3, -0.25) is 9.69 Å². The maximum Gasteiger partial charge on any atom is 0.227 e. The minimum absolute atomic E-state index is 0.100. The molecule has 0 bridgehead atoms. The minimum atomic E-state index is -0.246. The van der Waals surface area contributed by atoms with Crippen LogP contribution in [0.15, 0.2) is 42.5 Å². The zero-order chi connectivity index (χ0) is 21.7. The molecule has 0 saturated carbocycles. The second-order valence-corrected chi connectivity index (χ2v) is 8.85. The molecule has 3 nitrogen and oxygen atoms in total. The number of benzene rings is 2. The molecule has 0 spiro atoms. The average Bonchev–Trinajstić information content (AvgIpc) is 2.73. The van der Waals surface area contributed by atoms with Crippen LogP contribution in [0, 0.1) is 12.7 Å². The Kier molecular flexibility index (Phi) is 7.65. The number of rotatable bonds is 7. The van der Waals surface area contributed by atoms with Crippen molar-refractivity contribution in [1.29, 1.82) is 0 Å². The molecule has 2 aromatic carbocycles. The topological polar surface area (TPSA) is 23.6 Å². The summed E-state index contributed by atoms with van der Waals surface area (Å²) in [5.74, 6) is 0.403. The molecule has 2 aromatic rings. The molecule has 162 valence electrons. The van der Waals surface area contributed by atoms with E-state index in [4.69, 9.17) is 0 Å². The van der Waals surface area contributed by atoms with E-state index in [1.807, 2.05) is 17.9 Å². The van der Waals surface area contributed by atoms with Crippen LogP contribution in [0.1, 0.15) is 69.1 Å². The summed E-state index contributed by atoms with van der Waals surface area (Å²) in [5.41, 5.74) is 4.00. The van der Waals surface area contributed by atoms with Crippen molar-refractivity contribution in [3.05, 3.63) is 65.0 Å². The number of aryl methyl sites for hydroxylation is 1. The smallest absolute Gasteiger partial charge is 0.227 e. The van der Waals surface area contributed by atoms with Crippen molar-refractivity contribution >= 4 is 11.6 Å². The summed E-state index contributed by atoms with van der Waals surface area (Å²) >= 11 is 0. The monoisotopic (exact) mass is 410 g/mol. The SMILES string of the molecule is CCCC(=O)N(c1ccc(C)c(F)c1)C1CCN(Cc2ccc(C(C)C)cc2)CC1. The van der Waals surface area contributed by atoms with Crippen molar-refractivity contribution in [3.63, 3.8) is 0 Å². The normalized spacial score (nSPS) is 15.5. The zero-order valence-electron chi connectivity index (χ0n) is 18.8. The Morgan fingerprint density at radius 1 is 1.13 bits per heavy atom. The molecule has 0 aliphatic carbocycles. The third-order valence-electron chi connectivity index (χ3n) is 6.14. The van der Waals surface area contributed by atoms with Gasteiger partial charge in [0.25, 0.3) is 0 Å². The zero-order valence-corrected chi connectivity index (χ0v) is 18.8.